The van der Waals surface area contributed by atoms with Crippen molar-refractivity contribution in [3.8, 4) is 11.3 Å². The first-order valence-corrected chi connectivity index (χ1v) is 6.72. The highest BCUT2D eigenvalue weighted by molar-refractivity contribution is 5.62. The molecule has 1 saturated carbocycles. The van der Waals surface area contributed by atoms with Gasteiger partial charge in [0.2, 0.25) is 0 Å². The van der Waals surface area contributed by atoms with Crippen LogP contribution in [0.2, 0.25) is 0 Å². The first-order valence-electron chi connectivity index (χ1n) is 6.72. The van der Waals surface area contributed by atoms with E-state index in [0.717, 1.165) is 11.6 Å². The zero-order valence-electron chi connectivity index (χ0n) is 10.7. The number of H-pyrrole nitrogens is 1. The van der Waals surface area contributed by atoms with E-state index < -0.39 is 0 Å². The molecule has 1 fully saturated rings. The Balaban J connectivity index is 1.70. The molecule has 1 aromatic carbocycles. The third-order valence-corrected chi connectivity index (χ3v) is 3.68. The van der Waals surface area contributed by atoms with E-state index in [-0.39, 0.29) is 0 Å². The third kappa shape index (κ3) is 2.40. The Morgan fingerprint density at radius 1 is 1.33 bits per heavy atom. The first-order chi connectivity index (χ1) is 8.86. The number of imidazole rings is 1. The van der Waals surface area contributed by atoms with Gasteiger partial charge in [-0.3, -0.25) is 0 Å². The van der Waals surface area contributed by atoms with Crippen LogP contribution < -0.4 is 5.32 Å². The van der Waals surface area contributed by atoms with Crippen molar-refractivity contribution in [2.75, 3.05) is 5.32 Å². The van der Waals surface area contributed by atoms with Crippen molar-refractivity contribution in [1.29, 1.82) is 0 Å². The van der Waals surface area contributed by atoms with Gasteiger partial charge in [0.15, 0.2) is 0 Å². The number of hydrogen-bond acceptors (Lipinski definition) is 2. The van der Waals surface area contributed by atoms with Crippen LogP contribution in [0.5, 0.6) is 0 Å². The van der Waals surface area contributed by atoms with E-state index in [1.807, 2.05) is 6.20 Å². The summed E-state index contributed by atoms with van der Waals surface area (Å²) in [6, 6.07) is 9.22. The lowest BCUT2D eigenvalue weighted by Gasteiger charge is -2.17. The van der Waals surface area contributed by atoms with Gasteiger partial charge < -0.3 is 10.3 Å². The monoisotopic (exact) mass is 241 g/mol. The fraction of sp³-hybridized carbons (Fsp3) is 0.400. The quantitative estimate of drug-likeness (QED) is 0.838. The lowest BCUT2D eigenvalue weighted by atomic mass is 10.1. The summed E-state index contributed by atoms with van der Waals surface area (Å²) in [4.78, 5) is 7.16. The molecule has 18 heavy (non-hydrogen) atoms. The average molecular weight is 241 g/mol. The largest absolute Gasteiger partial charge is 0.382 e. The molecule has 1 aliphatic rings. The molecule has 0 spiro atoms. The van der Waals surface area contributed by atoms with Gasteiger partial charge in [0, 0.05) is 11.7 Å². The molecular formula is C15H19N3. The maximum absolute atomic E-state index is 4.04. The molecule has 94 valence electrons. The Morgan fingerprint density at radius 3 is 2.67 bits per heavy atom. The predicted molar refractivity (Wildman–Crippen MR) is 74.4 cm³/mol. The molecule has 1 unspecified atom stereocenters. The van der Waals surface area contributed by atoms with Crippen molar-refractivity contribution < 1.29 is 0 Å². The molecule has 1 aromatic heterocycles. The van der Waals surface area contributed by atoms with Crippen LogP contribution in [-0.4, -0.2) is 16.0 Å². The van der Waals surface area contributed by atoms with Gasteiger partial charge in [-0.05, 0) is 42.9 Å². The zero-order chi connectivity index (χ0) is 12.4. The highest BCUT2D eigenvalue weighted by atomic mass is 14.9. The summed E-state index contributed by atoms with van der Waals surface area (Å²) >= 11 is 0. The van der Waals surface area contributed by atoms with Gasteiger partial charge in [-0.2, -0.15) is 0 Å². The minimum absolute atomic E-state index is 0.642. The molecule has 3 nitrogen and oxygen atoms in total. The van der Waals surface area contributed by atoms with Crippen molar-refractivity contribution in [3.05, 3.63) is 36.8 Å². The van der Waals surface area contributed by atoms with E-state index >= 15 is 0 Å². The molecule has 1 heterocycles. The van der Waals surface area contributed by atoms with Crippen LogP contribution >= 0.6 is 0 Å². The summed E-state index contributed by atoms with van der Waals surface area (Å²) in [5, 5.41) is 3.64. The molecule has 0 bridgehead atoms. The van der Waals surface area contributed by atoms with Crippen LogP contribution in [-0.2, 0) is 0 Å². The molecule has 0 amide bonds. The molecule has 0 radical (unpaired) electrons. The van der Waals surface area contributed by atoms with Gasteiger partial charge in [0.05, 0.1) is 18.2 Å². The fourth-order valence-electron chi connectivity index (χ4n) is 2.43. The minimum Gasteiger partial charge on any atom is -0.382 e. The third-order valence-electron chi connectivity index (χ3n) is 3.68. The molecule has 2 N–H and O–H groups in total. The number of aromatic nitrogens is 2. The summed E-state index contributed by atoms with van der Waals surface area (Å²) in [6.07, 6.45) is 7.53. The number of aromatic amines is 1. The second kappa shape index (κ2) is 4.84. The van der Waals surface area contributed by atoms with Gasteiger partial charge in [-0.15, -0.1) is 0 Å². The number of rotatable bonds is 5. The van der Waals surface area contributed by atoms with Gasteiger partial charge in [-0.1, -0.05) is 19.1 Å². The van der Waals surface area contributed by atoms with Crippen molar-refractivity contribution in [2.24, 2.45) is 5.92 Å². The summed E-state index contributed by atoms with van der Waals surface area (Å²) in [5.41, 5.74) is 3.46. The zero-order valence-corrected chi connectivity index (χ0v) is 10.7. The summed E-state index contributed by atoms with van der Waals surface area (Å²) in [7, 11) is 0. The molecule has 2 aromatic rings. The summed E-state index contributed by atoms with van der Waals surface area (Å²) < 4.78 is 0. The number of nitrogens with one attached hydrogen (secondary N) is 2. The van der Waals surface area contributed by atoms with Crippen molar-refractivity contribution in [2.45, 2.75) is 32.2 Å². The molecule has 1 atom stereocenters. The Kier molecular flexibility index (Phi) is 3.05. The Hall–Kier alpha value is -1.77. The van der Waals surface area contributed by atoms with Crippen LogP contribution in [0.3, 0.4) is 0 Å². The topological polar surface area (TPSA) is 40.7 Å². The Morgan fingerprint density at radius 2 is 2.11 bits per heavy atom. The second-order valence-corrected chi connectivity index (χ2v) is 5.04. The normalized spacial score (nSPS) is 16.5. The standard InChI is InChI=1S/C15H19N3/c1-2-14(11-3-4-11)18-13-7-5-12(6-8-13)15-9-16-10-17-15/h5-11,14,18H,2-4H2,1H3,(H,16,17). The second-order valence-electron chi connectivity index (χ2n) is 5.04. The highest BCUT2D eigenvalue weighted by Gasteiger charge is 2.29. The van der Waals surface area contributed by atoms with Gasteiger partial charge >= 0.3 is 0 Å². The Bertz CT molecular complexity index is 483. The number of anilines is 1. The van der Waals surface area contributed by atoms with E-state index in [1.54, 1.807) is 6.33 Å². The van der Waals surface area contributed by atoms with Gasteiger partial charge in [-0.25, -0.2) is 4.98 Å². The maximum Gasteiger partial charge on any atom is 0.0924 e. The number of benzene rings is 1. The van der Waals surface area contributed by atoms with E-state index in [9.17, 15) is 0 Å². The molecule has 1 aliphatic carbocycles. The molecule has 3 heteroatoms. The van der Waals surface area contributed by atoms with Crippen LogP contribution in [0.1, 0.15) is 26.2 Å². The molecular weight excluding hydrogens is 222 g/mol. The maximum atomic E-state index is 4.04. The lowest BCUT2D eigenvalue weighted by molar-refractivity contribution is 0.616. The first kappa shape index (κ1) is 11.3. The minimum atomic E-state index is 0.642. The van der Waals surface area contributed by atoms with Crippen LogP contribution in [0.4, 0.5) is 5.69 Å². The van der Waals surface area contributed by atoms with Crippen molar-refractivity contribution in [3.63, 3.8) is 0 Å². The van der Waals surface area contributed by atoms with E-state index in [1.165, 1.54) is 30.5 Å². The van der Waals surface area contributed by atoms with Crippen molar-refractivity contribution >= 4 is 5.69 Å². The summed E-state index contributed by atoms with van der Waals surface area (Å²) in [6.45, 7) is 2.26. The molecule has 3 rings (SSSR count). The van der Waals surface area contributed by atoms with E-state index in [2.05, 4.69) is 46.5 Å². The average Bonchev–Trinajstić information content (AvgIpc) is 3.11. The number of nitrogens with zero attached hydrogens (tertiary/aromatic N) is 1. The van der Waals surface area contributed by atoms with Gasteiger partial charge in [0.1, 0.15) is 0 Å². The summed E-state index contributed by atoms with van der Waals surface area (Å²) in [5.74, 6) is 0.891. The van der Waals surface area contributed by atoms with Crippen LogP contribution in [0, 0.1) is 5.92 Å². The predicted octanol–water partition coefficient (Wildman–Crippen LogP) is 3.68. The SMILES string of the molecule is CCC(Nc1ccc(-c2cnc[nH]2)cc1)C1CC1. The van der Waals surface area contributed by atoms with Crippen molar-refractivity contribution in [1.82, 2.24) is 9.97 Å². The van der Waals surface area contributed by atoms with Gasteiger partial charge in [0.25, 0.3) is 0 Å². The lowest BCUT2D eigenvalue weighted by Crippen LogP contribution is -2.20. The van der Waals surface area contributed by atoms with E-state index in [4.69, 9.17) is 0 Å². The highest BCUT2D eigenvalue weighted by Crippen LogP contribution is 2.35. The van der Waals surface area contributed by atoms with Crippen LogP contribution in [0.25, 0.3) is 11.3 Å². The fourth-order valence-corrected chi connectivity index (χ4v) is 2.43. The van der Waals surface area contributed by atoms with Crippen LogP contribution in [0.15, 0.2) is 36.8 Å². The number of hydrogen-bond donors (Lipinski definition) is 2. The molecule has 0 saturated heterocycles. The Labute approximate surface area is 108 Å². The van der Waals surface area contributed by atoms with E-state index in [0.29, 0.717) is 6.04 Å². The molecule has 0 aliphatic heterocycles. The smallest absolute Gasteiger partial charge is 0.0924 e.